The average molecular weight is 456 g/mol. The highest BCUT2D eigenvalue weighted by Gasteiger charge is 2.12. The van der Waals surface area contributed by atoms with Gasteiger partial charge < -0.3 is 9.97 Å². The number of amides is 1. The first kappa shape index (κ1) is 20.4. The van der Waals surface area contributed by atoms with Crippen molar-refractivity contribution in [1.29, 1.82) is 0 Å². The molecule has 0 saturated heterocycles. The molecule has 1 amide bonds. The van der Waals surface area contributed by atoms with Crippen LogP contribution in [0.25, 0.3) is 44.5 Å². The lowest BCUT2D eigenvalue weighted by atomic mass is 10.1. The van der Waals surface area contributed by atoms with Crippen LogP contribution in [-0.4, -0.2) is 25.8 Å². The fourth-order valence-electron chi connectivity index (χ4n) is 3.90. The zero-order valence-corrected chi connectivity index (χ0v) is 18.4. The molecule has 0 aliphatic rings. The number of carbonyl (C=O) groups excluding carboxylic acids is 1. The Labute approximate surface area is 199 Å². The molecule has 0 radical (unpaired) electrons. The molecule has 0 atom stereocenters. The Hall–Kier alpha value is -5.20. The van der Waals surface area contributed by atoms with Gasteiger partial charge in [-0.25, -0.2) is 4.98 Å². The Balaban J connectivity index is 1.20. The normalized spacial score (nSPS) is 10.9. The molecular weight excluding hydrogens is 438 g/mol. The van der Waals surface area contributed by atoms with E-state index >= 15 is 0 Å². The number of H-pyrrole nitrogens is 2. The van der Waals surface area contributed by atoms with Gasteiger partial charge in [0.2, 0.25) is 10.0 Å². The second kappa shape index (κ2) is 8.62. The van der Waals surface area contributed by atoms with Gasteiger partial charge in [0.25, 0.3) is 0 Å². The summed E-state index contributed by atoms with van der Waals surface area (Å²) in [7, 11) is 0. The average Bonchev–Trinajstić information content (AvgIpc) is 3.55. The maximum atomic E-state index is 12.4. The van der Waals surface area contributed by atoms with E-state index in [9.17, 15) is 4.79 Å². The minimum absolute atomic E-state index is 0.419. The van der Waals surface area contributed by atoms with Gasteiger partial charge in [-0.3, -0.25) is 9.78 Å². The van der Waals surface area contributed by atoms with E-state index < -0.39 is 5.91 Å². The number of carbonyl (C=O) groups is 1. The van der Waals surface area contributed by atoms with E-state index in [2.05, 4.69) is 41.1 Å². The molecule has 0 fully saturated rings. The van der Waals surface area contributed by atoms with E-state index in [1.54, 1.807) is 18.3 Å². The molecule has 2 N–H and O–H groups in total. The van der Waals surface area contributed by atoms with Crippen LogP contribution in [0.3, 0.4) is 0 Å². The highest BCUT2D eigenvalue weighted by atomic mass is 16.1. The fourth-order valence-corrected chi connectivity index (χ4v) is 3.90. The SMILES string of the molecule is O=C(N=[N+]=Nc1ccc2cc[nH]c2c1)c1ccc(-c2nc3ccc(-c4cccnc4)cc3[nH]2)cc1. The van der Waals surface area contributed by atoms with Gasteiger partial charge in [0.15, 0.2) is 10.8 Å². The number of hydrogen-bond acceptors (Lipinski definition) is 4. The smallest absolute Gasteiger partial charge is 0.360 e. The van der Waals surface area contributed by atoms with E-state index in [4.69, 9.17) is 0 Å². The van der Waals surface area contributed by atoms with Crippen LogP contribution < -0.4 is 4.91 Å². The molecule has 8 heteroatoms. The molecule has 0 unspecified atom stereocenters. The molecule has 35 heavy (non-hydrogen) atoms. The van der Waals surface area contributed by atoms with Crippen LogP contribution in [0.4, 0.5) is 5.69 Å². The van der Waals surface area contributed by atoms with E-state index in [0.29, 0.717) is 11.3 Å². The Morgan fingerprint density at radius 1 is 0.857 bits per heavy atom. The number of aromatic amines is 2. The summed E-state index contributed by atoms with van der Waals surface area (Å²) >= 11 is 0. The van der Waals surface area contributed by atoms with Gasteiger partial charge in [-0.15, -0.1) is 0 Å². The van der Waals surface area contributed by atoms with Crippen molar-refractivity contribution in [2.24, 2.45) is 10.2 Å². The summed E-state index contributed by atoms with van der Waals surface area (Å²) < 4.78 is 0. The number of benzene rings is 3. The van der Waals surface area contributed by atoms with Crippen LogP contribution in [0, 0.1) is 0 Å². The second-order valence-corrected chi connectivity index (χ2v) is 7.98. The Kier molecular flexibility index (Phi) is 5.03. The quantitative estimate of drug-likeness (QED) is 0.242. The lowest BCUT2D eigenvalue weighted by Gasteiger charge is -1.99. The van der Waals surface area contributed by atoms with Crippen molar-refractivity contribution in [1.82, 2.24) is 24.8 Å². The molecule has 0 saturated carbocycles. The first-order chi connectivity index (χ1) is 17.2. The van der Waals surface area contributed by atoms with E-state index in [1.165, 1.54) is 0 Å². The molecule has 6 aromatic rings. The zero-order valence-electron chi connectivity index (χ0n) is 18.4. The molecule has 166 valence electrons. The van der Waals surface area contributed by atoms with Crippen molar-refractivity contribution >= 4 is 33.5 Å². The van der Waals surface area contributed by atoms with Crippen molar-refractivity contribution in [2.45, 2.75) is 0 Å². The summed E-state index contributed by atoms with van der Waals surface area (Å²) in [5, 5.41) is 8.81. The predicted octanol–water partition coefficient (Wildman–Crippen LogP) is 6.22. The van der Waals surface area contributed by atoms with Crippen molar-refractivity contribution < 1.29 is 4.79 Å². The van der Waals surface area contributed by atoms with Crippen molar-refractivity contribution in [3.8, 4) is 22.5 Å². The Bertz CT molecular complexity index is 1740. The molecule has 0 aliphatic heterocycles. The molecule has 0 bridgehead atoms. The van der Waals surface area contributed by atoms with E-state index in [-0.39, 0.29) is 0 Å². The molecule has 3 aromatic carbocycles. The lowest BCUT2D eigenvalue weighted by molar-refractivity contribution is 0.0992. The third-order valence-electron chi connectivity index (χ3n) is 5.72. The number of nitrogens with one attached hydrogen (secondary N) is 2. The van der Waals surface area contributed by atoms with Crippen LogP contribution >= 0.6 is 0 Å². The van der Waals surface area contributed by atoms with Gasteiger partial charge in [0, 0.05) is 40.8 Å². The third kappa shape index (κ3) is 4.13. The lowest BCUT2D eigenvalue weighted by Crippen LogP contribution is -1.94. The summed E-state index contributed by atoms with van der Waals surface area (Å²) in [5.41, 5.74) is 6.73. The monoisotopic (exact) mass is 456 g/mol. The number of pyridine rings is 1. The molecule has 6 rings (SSSR count). The zero-order chi connectivity index (χ0) is 23.6. The second-order valence-electron chi connectivity index (χ2n) is 7.98. The van der Waals surface area contributed by atoms with Gasteiger partial charge in [-0.2, -0.15) is 0 Å². The van der Waals surface area contributed by atoms with Gasteiger partial charge in [-0.05, 0) is 59.5 Å². The van der Waals surface area contributed by atoms with Crippen molar-refractivity contribution in [2.75, 3.05) is 0 Å². The summed E-state index contributed by atoms with van der Waals surface area (Å²) in [6, 6.07) is 24.6. The van der Waals surface area contributed by atoms with Crippen molar-refractivity contribution in [3.63, 3.8) is 0 Å². The van der Waals surface area contributed by atoms with Gasteiger partial charge in [0.1, 0.15) is 5.82 Å². The summed E-state index contributed by atoms with van der Waals surface area (Å²) in [6.07, 6.45) is 5.44. The van der Waals surface area contributed by atoms with Crippen LogP contribution in [0.1, 0.15) is 10.4 Å². The van der Waals surface area contributed by atoms with Gasteiger partial charge in [0.05, 0.1) is 11.0 Å². The Morgan fingerprint density at radius 2 is 1.74 bits per heavy atom. The first-order valence-electron chi connectivity index (χ1n) is 11.0. The fraction of sp³-hybridized carbons (Fsp3) is 0. The molecule has 0 spiro atoms. The van der Waals surface area contributed by atoms with E-state index in [0.717, 1.165) is 44.5 Å². The molecule has 8 nitrogen and oxygen atoms in total. The van der Waals surface area contributed by atoms with Crippen LogP contribution in [0.15, 0.2) is 108 Å². The number of hydrogen-bond donors (Lipinski definition) is 2. The minimum Gasteiger partial charge on any atom is -0.361 e. The van der Waals surface area contributed by atoms with Crippen LogP contribution in [-0.2, 0) is 0 Å². The summed E-state index contributed by atoms with van der Waals surface area (Å²) in [4.78, 5) is 31.5. The van der Waals surface area contributed by atoms with E-state index in [1.807, 2.05) is 73.1 Å². The number of nitrogens with zero attached hydrogens (tertiary/aromatic N) is 5. The highest BCUT2D eigenvalue weighted by Crippen LogP contribution is 2.26. The maximum Gasteiger partial charge on any atom is 0.360 e. The minimum atomic E-state index is -0.466. The molecule has 3 heterocycles. The van der Waals surface area contributed by atoms with Crippen LogP contribution in [0.5, 0.6) is 0 Å². The molecule has 0 aliphatic carbocycles. The predicted molar refractivity (Wildman–Crippen MR) is 134 cm³/mol. The molecule has 3 aromatic heterocycles. The largest absolute Gasteiger partial charge is 0.361 e. The number of rotatable bonds is 4. The maximum absolute atomic E-state index is 12.4. The first-order valence-corrected chi connectivity index (χ1v) is 11.0. The molecular formula is C27H18N7O+. The highest BCUT2D eigenvalue weighted by molar-refractivity contribution is 5.95. The van der Waals surface area contributed by atoms with Gasteiger partial charge in [-0.1, -0.05) is 30.3 Å². The number of aromatic nitrogens is 4. The topological polar surface area (TPSA) is 113 Å². The summed E-state index contributed by atoms with van der Waals surface area (Å²) in [6.45, 7) is 0. The third-order valence-corrected chi connectivity index (χ3v) is 5.72. The standard InChI is InChI=1S/C27H17N7O/c35-27(33-34-32-22-9-7-17-11-13-29-24(17)15-22)19-5-3-18(4-6-19)26-30-23-10-8-20(14-25(23)31-26)21-2-1-12-28-16-21/h1-16H,(H,30,31,35)/p+1. The van der Waals surface area contributed by atoms with Gasteiger partial charge >= 0.3 is 5.91 Å². The number of imidazole rings is 1. The summed E-state index contributed by atoms with van der Waals surface area (Å²) in [5.74, 6) is 0.255. The van der Waals surface area contributed by atoms with Crippen LogP contribution in [0.2, 0.25) is 0 Å². The van der Waals surface area contributed by atoms with Crippen molar-refractivity contribution in [3.05, 3.63) is 103 Å². The Morgan fingerprint density at radius 3 is 2.60 bits per heavy atom. The number of fused-ring (bicyclic) bond motifs is 2.